The third kappa shape index (κ3) is 10.4. The molecule has 0 bridgehead atoms. The minimum atomic E-state index is -0.507. The Balaban J connectivity index is 4.34. The van der Waals surface area contributed by atoms with Gasteiger partial charge in [-0.1, -0.05) is 13.8 Å². The molecule has 0 aliphatic rings. The van der Waals surface area contributed by atoms with Crippen molar-refractivity contribution in [2.75, 3.05) is 7.05 Å². The Bertz CT molecular complexity index is 296. The van der Waals surface area contributed by atoms with Crippen molar-refractivity contribution in [2.45, 2.75) is 65.5 Å². The van der Waals surface area contributed by atoms with Gasteiger partial charge in [0.25, 0.3) is 0 Å². The third-order valence-corrected chi connectivity index (χ3v) is 2.48. The maximum absolute atomic E-state index is 11.7. The number of hydrogen-bond donors (Lipinski definition) is 2. The average Bonchev–Trinajstić information content (AvgIpc) is 2.21. The highest BCUT2D eigenvalue weighted by atomic mass is 16.6. The molecular weight excluding hydrogens is 244 g/mol. The summed E-state index contributed by atoms with van der Waals surface area (Å²) in [6.45, 7) is 9.66. The standard InChI is InChI=1S/C14H28N2O3/c1-10(2)9-11(7-8-12(17)15-6)16-13(18)19-14(3,4)5/h10-11H,7-9H2,1-6H3,(H,15,17)(H,16,18). The van der Waals surface area contributed by atoms with E-state index in [1.807, 2.05) is 20.8 Å². The zero-order valence-electron chi connectivity index (χ0n) is 13.0. The van der Waals surface area contributed by atoms with E-state index in [0.29, 0.717) is 18.8 Å². The normalized spacial score (nSPS) is 13.0. The van der Waals surface area contributed by atoms with Gasteiger partial charge in [0.1, 0.15) is 5.60 Å². The number of hydrogen-bond acceptors (Lipinski definition) is 3. The molecule has 0 aromatic carbocycles. The van der Waals surface area contributed by atoms with Gasteiger partial charge in [-0.3, -0.25) is 4.79 Å². The van der Waals surface area contributed by atoms with Crippen LogP contribution in [-0.2, 0) is 9.53 Å². The lowest BCUT2D eigenvalue weighted by Crippen LogP contribution is -2.40. The number of carbonyl (C=O) groups excluding carboxylic acids is 2. The minimum Gasteiger partial charge on any atom is -0.444 e. The first-order chi connectivity index (χ1) is 8.64. The van der Waals surface area contributed by atoms with Crippen molar-refractivity contribution < 1.29 is 14.3 Å². The Morgan fingerprint density at radius 1 is 1.21 bits per heavy atom. The van der Waals surface area contributed by atoms with Crippen LogP contribution in [0.15, 0.2) is 0 Å². The molecule has 0 saturated heterocycles. The molecule has 1 unspecified atom stereocenters. The van der Waals surface area contributed by atoms with Gasteiger partial charge in [0.05, 0.1) is 0 Å². The number of ether oxygens (including phenoxy) is 1. The van der Waals surface area contributed by atoms with E-state index in [9.17, 15) is 9.59 Å². The van der Waals surface area contributed by atoms with E-state index in [1.54, 1.807) is 7.05 Å². The lowest BCUT2D eigenvalue weighted by atomic mass is 10.00. The highest BCUT2D eigenvalue weighted by molar-refractivity contribution is 5.75. The van der Waals surface area contributed by atoms with Gasteiger partial charge in [-0.25, -0.2) is 4.79 Å². The van der Waals surface area contributed by atoms with Crippen molar-refractivity contribution in [3.63, 3.8) is 0 Å². The van der Waals surface area contributed by atoms with E-state index in [0.717, 1.165) is 6.42 Å². The maximum Gasteiger partial charge on any atom is 0.407 e. The maximum atomic E-state index is 11.7. The van der Waals surface area contributed by atoms with Crippen LogP contribution < -0.4 is 10.6 Å². The topological polar surface area (TPSA) is 67.4 Å². The van der Waals surface area contributed by atoms with E-state index in [2.05, 4.69) is 24.5 Å². The molecular formula is C14H28N2O3. The summed E-state index contributed by atoms with van der Waals surface area (Å²) in [6, 6.07) is -0.0350. The lowest BCUT2D eigenvalue weighted by molar-refractivity contribution is -0.120. The summed E-state index contributed by atoms with van der Waals surface area (Å²) in [5.74, 6) is 0.435. The van der Waals surface area contributed by atoms with E-state index in [1.165, 1.54) is 0 Å². The predicted octanol–water partition coefficient (Wildman–Crippen LogP) is 2.45. The van der Waals surface area contributed by atoms with Gasteiger partial charge in [0.2, 0.25) is 5.91 Å². The Labute approximate surface area is 116 Å². The molecule has 112 valence electrons. The molecule has 1 atom stereocenters. The van der Waals surface area contributed by atoms with Crippen LogP contribution in [0.2, 0.25) is 0 Å². The van der Waals surface area contributed by atoms with Crippen LogP contribution >= 0.6 is 0 Å². The van der Waals surface area contributed by atoms with Crippen LogP contribution in [-0.4, -0.2) is 30.7 Å². The summed E-state index contributed by atoms with van der Waals surface area (Å²) >= 11 is 0. The van der Waals surface area contributed by atoms with Gasteiger partial charge in [-0.15, -0.1) is 0 Å². The van der Waals surface area contributed by atoms with Crippen molar-refractivity contribution in [1.29, 1.82) is 0 Å². The molecule has 0 aromatic rings. The smallest absolute Gasteiger partial charge is 0.407 e. The molecule has 19 heavy (non-hydrogen) atoms. The summed E-state index contributed by atoms with van der Waals surface area (Å²) < 4.78 is 5.23. The highest BCUT2D eigenvalue weighted by Crippen LogP contribution is 2.12. The van der Waals surface area contributed by atoms with Crippen LogP contribution in [0.25, 0.3) is 0 Å². The molecule has 2 amide bonds. The number of amides is 2. The van der Waals surface area contributed by atoms with Crippen LogP contribution in [0, 0.1) is 5.92 Å². The second kappa shape index (κ2) is 8.02. The van der Waals surface area contributed by atoms with Gasteiger partial charge in [-0.05, 0) is 39.5 Å². The SMILES string of the molecule is CNC(=O)CCC(CC(C)C)NC(=O)OC(C)(C)C. The Morgan fingerprint density at radius 2 is 1.79 bits per heavy atom. The van der Waals surface area contributed by atoms with Crippen molar-refractivity contribution >= 4 is 12.0 Å². The minimum absolute atomic E-state index is 0.0141. The first kappa shape index (κ1) is 17.7. The first-order valence-electron chi connectivity index (χ1n) is 6.84. The zero-order valence-corrected chi connectivity index (χ0v) is 13.0. The molecule has 0 spiro atoms. The van der Waals surface area contributed by atoms with Gasteiger partial charge < -0.3 is 15.4 Å². The summed E-state index contributed by atoms with van der Waals surface area (Å²) in [6.07, 6.45) is 1.44. The van der Waals surface area contributed by atoms with E-state index < -0.39 is 11.7 Å². The largest absolute Gasteiger partial charge is 0.444 e. The van der Waals surface area contributed by atoms with Gasteiger partial charge in [0, 0.05) is 19.5 Å². The third-order valence-electron chi connectivity index (χ3n) is 2.48. The Hall–Kier alpha value is -1.26. The molecule has 0 aliphatic carbocycles. The number of rotatable bonds is 6. The molecule has 0 rings (SSSR count). The number of alkyl carbamates (subject to hydrolysis) is 1. The van der Waals surface area contributed by atoms with Crippen LogP contribution in [0.1, 0.15) is 53.9 Å². The molecule has 0 aliphatic heterocycles. The predicted molar refractivity (Wildman–Crippen MR) is 75.9 cm³/mol. The summed E-state index contributed by atoms with van der Waals surface area (Å²) in [4.78, 5) is 23.0. The monoisotopic (exact) mass is 272 g/mol. The molecule has 0 radical (unpaired) electrons. The van der Waals surface area contributed by atoms with E-state index >= 15 is 0 Å². The Morgan fingerprint density at radius 3 is 2.21 bits per heavy atom. The van der Waals surface area contributed by atoms with Crippen molar-refractivity contribution in [3.8, 4) is 0 Å². The van der Waals surface area contributed by atoms with Gasteiger partial charge in [0.15, 0.2) is 0 Å². The Kier molecular flexibility index (Phi) is 7.49. The van der Waals surface area contributed by atoms with Crippen molar-refractivity contribution in [1.82, 2.24) is 10.6 Å². The molecule has 5 nitrogen and oxygen atoms in total. The first-order valence-corrected chi connectivity index (χ1v) is 6.84. The highest BCUT2D eigenvalue weighted by Gasteiger charge is 2.20. The average molecular weight is 272 g/mol. The molecule has 5 heteroatoms. The molecule has 0 saturated carbocycles. The molecule has 0 heterocycles. The van der Waals surface area contributed by atoms with Crippen molar-refractivity contribution in [3.05, 3.63) is 0 Å². The van der Waals surface area contributed by atoms with Gasteiger partial charge >= 0.3 is 6.09 Å². The van der Waals surface area contributed by atoms with Crippen molar-refractivity contribution in [2.24, 2.45) is 5.92 Å². The molecule has 0 aromatic heterocycles. The van der Waals surface area contributed by atoms with Gasteiger partial charge in [-0.2, -0.15) is 0 Å². The fraction of sp³-hybridized carbons (Fsp3) is 0.857. The molecule has 0 fully saturated rings. The van der Waals surface area contributed by atoms with Crippen LogP contribution in [0.3, 0.4) is 0 Å². The van der Waals surface area contributed by atoms with Crippen LogP contribution in [0.5, 0.6) is 0 Å². The summed E-state index contributed by atoms with van der Waals surface area (Å²) in [5, 5.41) is 5.43. The van der Waals surface area contributed by atoms with E-state index in [-0.39, 0.29) is 11.9 Å². The fourth-order valence-corrected chi connectivity index (χ4v) is 1.72. The molecule has 2 N–H and O–H groups in total. The summed E-state index contributed by atoms with van der Waals surface area (Å²) in [5.41, 5.74) is -0.507. The number of nitrogens with one attached hydrogen (secondary N) is 2. The van der Waals surface area contributed by atoms with Crippen LogP contribution in [0.4, 0.5) is 4.79 Å². The quantitative estimate of drug-likeness (QED) is 0.780. The van der Waals surface area contributed by atoms with E-state index in [4.69, 9.17) is 4.74 Å². The lowest BCUT2D eigenvalue weighted by Gasteiger charge is -2.24. The zero-order chi connectivity index (χ0) is 15.1. The number of carbonyl (C=O) groups is 2. The summed E-state index contributed by atoms with van der Waals surface area (Å²) in [7, 11) is 1.61. The second-order valence-electron chi connectivity index (χ2n) is 6.18. The second-order valence-corrected chi connectivity index (χ2v) is 6.18. The fourth-order valence-electron chi connectivity index (χ4n) is 1.72.